The van der Waals surface area contributed by atoms with Gasteiger partial charge < -0.3 is 11.1 Å². The van der Waals surface area contributed by atoms with Gasteiger partial charge in [0.1, 0.15) is 5.82 Å². The van der Waals surface area contributed by atoms with Crippen LogP contribution in [0.15, 0.2) is 12.1 Å². The van der Waals surface area contributed by atoms with Crippen LogP contribution in [0.4, 0.5) is 11.6 Å². The second-order valence-corrected chi connectivity index (χ2v) is 3.04. The molecule has 74 valence electrons. The van der Waals surface area contributed by atoms with E-state index < -0.39 is 0 Å². The first-order valence-corrected chi connectivity index (χ1v) is 4.37. The molecule has 0 saturated carbocycles. The van der Waals surface area contributed by atoms with Crippen LogP contribution in [0.2, 0.25) is 0 Å². The van der Waals surface area contributed by atoms with Crippen LogP contribution in [-0.4, -0.2) is 35.7 Å². The minimum Gasteiger partial charge on any atom is -0.382 e. The summed E-state index contributed by atoms with van der Waals surface area (Å²) in [5.74, 6) is 0.928. The predicted molar refractivity (Wildman–Crippen MR) is 51.7 cm³/mol. The summed E-state index contributed by atoms with van der Waals surface area (Å²) in [6, 6.07) is 3.34. The fourth-order valence-corrected chi connectivity index (χ4v) is 1.33. The van der Waals surface area contributed by atoms with Crippen molar-refractivity contribution in [2.75, 3.05) is 30.3 Å². The summed E-state index contributed by atoms with van der Waals surface area (Å²) >= 11 is 0. The van der Waals surface area contributed by atoms with Gasteiger partial charge in [0.05, 0.1) is 6.54 Å². The van der Waals surface area contributed by atoms with Gasteiger partial charge in [0.25, 0.3) is 0 Å². The first kappa shape index (κ1) is 8.89. The van der Waals surface area contributed by atoms with Gasteiger partial charge >= 0.3 is 0 Å². The third-order valence-corrected chi connectivity index (χ3v) is 2.04. The SMILES string of the molecule is Nc1ccc(N2CCNCC2=O)nn1. The number of rotatable bonds is 1. The Hall–Kier alpha value is -1.69. The summed E-state index contributed by atoms with van der Waals surface area (Å²) in [6.45, 7) is 1.75. The van der Waals surface area contributed by atoms with E-state index >= 15 is 0 Å². The average Bonchev–Trinajstić information content (AvgIpc) is 2.20. The molecule has 6 nitrogen and oxygen atoms in total. The second-order valence-electron chi connectivity index (χ2n) is 3.04. The van der Waals surface area contributed by atoms with Gasteiger partial charge in [-0.3, -0.25) is 9.69 Å². The first-order valence-electron chi connectivity index (χ1n) is 4.37. The van der Waals surface area contributed by atoms with E-state index in [4.69, 9.17) is 5.73 Å². The molecular formula is C8H11N5O. The molecule has 1 aromatic heterocycles. The smallest absolute Gasteiger partial charge is 0.242 e. The molecule has 1 fully saturated rings. The summed E-state index contributed by atoms with van der Waals surface area (Å²) in [4.78, 5) is 13.0. The van der Waals surface area contributed by atoms with Crippen LogP contribution in [0, 0.1) is 0 Å². The molecule has 0 atom stereocenters. The summed E-state index contributed by atoms with van der Waals surface area (Å²) in [5.41, 5.74) is 5.40. The molecule has 1 aliphatic heterocycles. The minimum absolute atomic E-state index is 0.00956. The minimum atomic E-state index is 0.00956. The van der Waals surface area contributed by atoms with Crippen molar-refractivity contribution in [3.63, 3.8) is 0 Å². The molecule has 1 amide bonds. The number of amides is 1. The molecule has 6 heteroatoms. The average molecular weight is 193 g/mol. The van der Waals surface area contributed by atoms with Gasteiger partial charge in [-0.1, -0.05) is 0 Å². The number of carbonyl (C=O) groups excluding carboxylic acids is 1. The molecule has 14 heavy (non-hydrogen) atoms. The molecule has 0 radical (unpaired) electrons. The van der Waals surface area contributed by atoms with Gasteiger partial charge in [-0.25, -0.2) is 0 Å². The summed E-state index contributed by atoms with van der Waals surface area (Å²) in [6.07, 6.45) is 0. The van der Waals surface area contributed by atoms with Crippen molar-refractivity contribution in [2.24, 2.45) is 0 Å². The van der Waals surface area contributed by atoms with Crippen LogP contribution in [-0.2, 0) is 4.79 Å². The number of piperazine rings is 1. The predicted octanol–water partition coefficient (Wildman–Crippen LogP) is -1.01. The van der Waals surface area contributed by atoms with E-state index in [9.17, 15) is 4.79 Å². The van der Waals surface area contributed by atoms with Crippen molar-refractivity contribution in [3.05, 3.63) is 12.1 Å². The number of hydrogen-bond donors (Lipinski definition) is 2. The monoisotopic (exact) mass is 193 g/mol. The number of nitrogens with one attached hydrogen (secondary N) is 1. The number of anilines is 2. The zero-order valence-corrected chi connectivity index (χ0v) is 7.60. The molecule has 1 saturated heterocycles. The highest BCUT2D eigenvalue weighted by atomic mass is 16.2. The van der Waals surface area contributed by atoms with E-state index in [-0.39, 0.29) is 5.91 Å². The summed E-state index contributed by atoms with van der Waals surface area (Å²) in [7, 11) is 0. The van der Waals surface area contributed by atoms with E-state index in [1.807, 2.05) is 0 Å². The number of nitrogen functional groups attached to an aromatic ring is 1. The van der Waals surface area contributed by atoms with Crippen molar-refractivity contribution in [3.8, 4) is 0 Å². The maximum Gasteiger partial charge on any atom is 0.242 e. The number of hydrogen-bond acceptors (Lipinski definition) is 5. The first-order chi connectivity index (χ1) is 6.77. The van der Waals surface area contributed by atoms with E-state index in [0.717, 1.165) is 6.54 Å². The Kier molecular flexibility index (Phi) is 2.28. The molecule has 1 aliphatic rings. The number of carbonyl (C=O) groups is 1. The normalized spacial score (nSPS) is 17.1. The number of nitrogens with two attached hydrogens (primary N) is 1. The summed E-state index contributed by atoms with van der Waals surface area (Å²) < 4.78 is 0. The fourth-order valence-electron chi connectivity index (χ4n) is 1.33. The molecule has 0 unspecified atom stereocenters. The molecule has 0 bridgehead atoms. The standard InChI is InChI=1S/C8H11N5O/c9-6-1-2-7(12-11-6)13-4-3-10-5-8(13)14/h1-2,10H,3-5H2,(H2,9,11). The quantitative estimate of drug-likeness (QED) is 0.597. The highest BCUT2D eigenvalue weighted by Gasteiger charge is 2.20. The van der Waals surface area contributed by atoms with Crippen molar-refractivity contribution >= 4 is 17.5 Å². The lowest BCUT2D eigenvalue weighted by atomic mass is 10.3. The Morgan fingerprint density at radius 3 is 2.93 bits per heavy atom. The van der Waals surface area contributed by atoms with Crippen LogP contribution >= 0.6 is 0 Å². The Morgan fingerprint density at radius 1 is 1.43 bits per heavy atom. The molecule has 1 aromatic rings. The van der Waals surface area contributed by atoms with Gasteiger partial charge in [-0.2, -0.15) is 0 Å². The van der Waals surface area contributed by atoms with Gasteiger partial charge in [-0.15, -0.1) is 10.2 Å². The largest absolute Gasteiger partial charge is 0.382 e. The Bertz CT molecular complexity index is 336. The van der Waals surface area contributed by atoms with E-state index in [2.05, 4.69) is 15.5 Å². The topological polar surface area (TPSA) is 84.1 Å². The van der Waals surface area contributed by atoms with Crippen LogP contribution < -0.4 is 16.0 Å². The third-order valence-electron chi connectivity index (χ3n) is 2.04. The molecule has 3 N–H and O–H groups in total. The lowest BCUT2D eigenvalue weighted by Gasteiger charge is -2.25. The second kappa shape index (κ2) is 3.59. The number of nitrogens with zero attached hydrogens (tertiary/aromatic N) is 3. The lowest BCUT2D eigenvalue weighted by Crippen LogP contribution is -2.48. The highest BCUT2D eigenvalue weighted by Crippen LogP contribution is 2.11. The lowest BCUT2D eigenvalue weighted by molar-refractivity contribution is -0.118. The van der Waals surface area contributed by atoms with Crippen LogP contribution in [0.1, 0.15) is 0 Å². The fraction of sp³-hybridized carbons (Fsp3) is 0.375. The molecule has 2 rings (SSSR count). The molecule has 2 heterocycles. The van der Waals surface area contributed by atoms with E-state index in [0.29, 0.717) is 24.7 Å². The zero-order valence-electron chi connectivity index (χ0n) is 7.60. The number of aromatic nitrogens is 2. The van der Waals surface area contributed by atoms with Crippen molar-refractivity contribution in [2.45, 2.75) is 0 Å². The maximum absolute atomic E-state index is 11.4. The van der Waals surface area contributed by atoms with Crippen molar-refractivity contribution in [1.82, 2.24) is 15.5 Å². The van der Waals surface area contributed by atoms with Gasteiger partial charge in [0.2, 0.25) is 5.91 Å². The van der Waals surface area contributed by atoms with Crippen LogP contribution in [0.5, 0.6) is 0 Å². The molecule has 0 spiro atoms. The Labute approximate surface area is 81.1 Å². The van der Waals surface area contributed by atoms with Gasteiger partial charge in [0, 0.05) is 13.1 Å². The maximum atomic E-state index is 11.4. The van der Waals surface area contributed by atoms with E-state index in [1.165, 1.54) is 0 Å². The van der Waals surface area contributed by atoms with Crippen LogP contribution in [0.3, 0.4) is 0 Å². The Morgan fingerprint density at radius 2 is 2.29 bits per heavy atom. The van der Waals surface area contributed by atoms with Crippen molar-refractivity contribution in [1.29, 1.82) is 0 Å². The van der Waals surface area contributed by atoms with E-state index in [1.54, 1.807) is 17.0 Å². The summed E-state index contributed by atoms with van der Waals surface area (Å²) in [5, 5.41) is 10.5. The van der Waals surface area contributed by atoms with Gasteiger partial charge in [-0.05, 0) is 12.1 Å². The van der Waals surface area contributed by atoms with Crippen molar-refractivity contribution < 1.29 is 4.79 Å². The molecule has 0 aromatic carbocycles. The Balaban J connectivity index is 2.20. The zero-order chi connectivity index (χ0) is 9.97. The molecule has 0 aliphatic carbocycles. The molecular weight excluding hydrogens is 182 g/mol. The highest BCUT2D eigenvalue weighted by molar-refractivity contribution is 5.94. The third kappa shape index (κ3) is 1.64. The van der Waals surface area contributed by atoms with Gasteiger partial charge in [0.15, 0.2) is 5.82 Å². The van der Waals surface area contributed by atoms with Crippen LogP contribution in [0.25, 0.3) is 0 Å².